The van der Waals surface area contributed by atoms with E-state index in [4.69, 9.17) is 4.42 Å². The molecule has 3 aromatic carbocycles. The Kier molecular flexibility index (Phi) is 6.33. The minimum absolute atomic E-state index is 0.307. The van der Waals surface area contributed by atoms with Gasteiger partial charge in [0, 0.05) is 15.2 Å². The lowest BCUT2D eigenvalue weighted by Gasteiger charge is -2.09. The zero-order chi connectivity index (χ0) is 23.5. The molecular weight excluding hydrogens is 517 g/mol. The molecule has 0 aliphatic carbocycles. The Morgan fingerprint density at radius 3 is 2.62 bits per heavy atom. The highest BCUT2D eigenvalue weighted by Gasteiger charge is 2.15. The van der Waals surface area contributed by atoms with E-state index in [0.717, 1.165) is 21.0 Å². The van der Waals surface area contributed by atoms with Crippen molar-refractivity contribution in [1.29, 1.82) is 0 Å². The molecule has 0 saturated heterocycles. The minimum Gasteiger partial charge on any atom is -0.422 e. The summed E-state index contributed by atoms with van der Waals surface area (Å²) in [5, 5.41) is 11.3. The van der Waals surface area contributed by atoms with Gasteiger partial charge in [0.25, 0.3) is 0 Å². The van der Waals surface area contributed by atoms with Crippen LogP contribution in [0.2, 0.25) is 0 Å². The molecule has 2 heterocycles. The molecule has 34 heavy (non-hydrogen) atoms. The third-order valence-electron chi connectivity index (χ3n) is 5.17. The molecule has 8 heteroatoms. The van der Waals surface area contributed by atoms with Gasteiger partial charge < -0.3 is 8.98 Å². The summed E-state index contributed by atoms with van der Waals surface area (Å²) in [6.45, 7) is 0.501. The van der Waals surface area contributed by atoms with Crippen LogP contribution in [-0.4, -0.2) is 10.8 Å². The minimum atomic E-state index is -0.421. The molecule has 5 aromatic rings. The second-order valence-electron chi connectivity index (χ2n) is 7.50. The molecule has 0 amide bonds. The fourth-order valence-electron chi connectivity index (χ4n) is 3.51. The molecular formula is C26H17BrFN3O2S. The number of rotatable bonds is 5. The molecule has 168 valence electrons. The molecule has 0 fully saturated rings. The first-order chi connectivity index (χ1) is 16.6. The van der Waals surface area contributed by atoms with Gasteiger partial charge in [-0.2, -0.15) is 5.10 Å². The SMILES string of the molecule is O=c1oc2ccc(Br)cc2cc1-c1cs/c(=N\N=C\c2ccc(F)cc2)n1Cc1ccccc1. The van der Waals surface area contributed by atoms with E-state index in [1.165, 1.54) is 23.5 Å². The average molecular weight is 534 g/mol. The zero-order valence-corrected chi connectivity index (χ0v) is 20.1. The van der Waals surface area contributed by atoms with Crippen molar-refractivity contribution in [2.24, 2.45) is 10.2 Å². The number of thiazole rings is 1. The highest BCUT2D eigenvalue weighted by Crippen LogP contribution is 2.25. The van der Waals surface area contributed by atoms with Crippen molar-refractivity contribution in [3.05, 3.63) is 121 Å². The summed E-state index contributed by atoms with van der Waals surface area (Å²) in [6.07, 6.45) is 1.56. The summed E-state index contributed by atoms with van der Waals surface area (Å²) in [6, 6.07) is 23.3. The molecule has 2 aromatic heterocycles. The molecule has 0 atom stereocenters. The Bertz CT molecular complexity index is 1620. The molecule has 5 nitrogen and oxygen atoms in total. The normalized spacial score (nSPS) is 12.1. The van der Waals surface area contributed by atoms with Gasteiger partial charge in [0.2, 0.25) is 4.80 Å². The van der Waals surface area contributed by atoms with E-state index in [0.29, 0.717) is 28.2 Å². The van der Waals surface area contributed by atoms with Crippen LogP contribution in [0.25, 0.3) is 22.2 Å². The van der Waals surface area contributed by atoms with E-state index in [9.17, 15) is 9.18 Å². The summed E-state index contributed by atoms with van der Waals surface area (Å²) in [5.74, 6) is -0.307. The van der Waals surface area contributed by atoms with Gasteiger partial charge in [-0.05, 0) is 47.5 Å². The Morgan fingerprint density at radius 2 is 1.82 bits per heavy atom. The summed E-state index contributed by atoms with van der Waals surface area (Å²) < 4.78 is 21.6. The van der Waals surface area contributed by atoms with Crippen LogP contribution in [0, 0.1) is 5.82 Å². The van der Waals surface area contributed by atoms with E-state index in [1.807, 2.05) is 58.5 Å². The van der Waals surface area contributed by atoms with Crippen molar-refractivity contribution in [3.8, 4) is 11.3 Å². The Hall–Kier alpha value is -3.62. The van der Waals surface area contributed by atoms with Gasteiger partial charge in [0.15, 0.2) is 0 Å². The predicted molar refractivity (Wildman–Crippen MR) is 137 cm³/mol. The average Bonchev–Trinajstić information content (AvgIpc) is 3.23. The van der Waals surface area contributed by atoms with Crippen LogP contribution in [0.1, 0.15) is 11.1 Å². The number of nitrogens with zero attached hydrogens (tertiary/aromatic N) is 3. The molecule has 0 radical (unpaired) electrons. The van der Waals surface area contributed by atoms with E-state index >= 15 is 0 Å². The van der Waals surface area contributed by atoms with Crippen LogP contribution in [0.15, 0.2) is 108 Å². The van der Waals surface area contributed by atoms with Crippen LogP contribution in [0.4, 0.5) is 4.39 Å². The third kappa shape index (κ3) is 4.83. The lowest BCUT2D eigenvalue weighted by atomic mass is 10.1. The number of halogens is 2. The second kappa shape index (κ2) is 9.70. The highest BCUT2D eigenvalue weighted by molar-refractivity contribution is 9.10. The largest absolute Gasteiger partial charge is 0.422 e. The Balaban J connectivity index is 1.62. The molecule has 0 bridgehead atoms. The van der Waals surface area contributed by atoms with Gasteiger partial charge in [0.1, 0.15) is 11.4 Å². The number of hydrogen-bond acceptors (Lipinski definition) is 5. The number of fused-ring (bicyclic) bond motifs is 1. The van der Waals surface area contributed by atoms with Crippen LogP contribution < -0.4 is 10.4 Å². The first kappa shape index (κ1) is 22.2. The molecule has 0 unspecified atom stereocenters. The van der Waals surface area contributed by atoms with Gasteiger partial charge in [-0.15, -0.1) is 16.4 Å². The third-order valence-corrected chi connectivity index (χ3v) is 6.52. The maximum atomic E-state index is 13.1. The first-order valence-electron chi connectivity index (χ1n) is 10.4. The molecule has 0 spiro atoms. The van der Waals surface area contributed by atoms with E-state index < -0.39 is 5.63 Å². The lowest BCUT2D eigenvalue weighted by Crippen LogP contribution is -2.18. The summed E-state index contributed by atoms with van der Waals surface area (Å²) in [4.78, 5) is 13.5. The summed E-state index contributed by atoms with van der Waals surface area (Å²) in [7, 11) is 0. The van der Waals surface area contributed by atoms with Crippen molar-refractivity contribution in [3.63, 3.8) is 0 Å². The second-order valence-corrected chi connectivity index (χ2v) is 9.25. The fourth-order valence-corrected chi connectivity index (χ4v) is 4.75. The topological polar surface area (TPSA) is 59.9 Å². The number of aromatic nitrogens is 1. The summed E-state index contributed by atoms with van der Waals surface area (Å²) >= 11 is 4.85. The maximum absolute atomic E-state index is 13.1. The van der Waals surface area contributed by atoms with Crippen molar-refractivity contribution >= 4 is 44.5 Å². The Labute approximate surface area is 206 Å². The van der Waals surface area contributed by atoms with Crippen LogP contribution in [0.3, 0.4) is 0 Å². The fraction of sp³-hybridized carbons (Fsp3) is 0.0385. The van der Waals surface area contributed by atoms with Gasteiger partial charge in [-0.3, -0.25) is 0 Å². The van der Waals surface area contributed by atoms with Gasteiger partial charge in [-0.1, -0.05) is 58.4 Å². The number of benzene rings is 3. The van der Waals surface area contributed by atoms with Gasteiger partial charge in [0.05, 0.1) is 24.0 Å². The maximum Gasteiger partial charge on any atom is 0.345 e. The molecule has 0 saturated carbocycles. The van der Waals surface area contributed by atoms with E-state index in [1.54, 1.807) is 24.4 Å². The van der Waals surface area contributed by atoms with Crippen LogP contribution in [0.5, 0.6) is 0 Å². The van der Waals surface area contributed by atoms with E-state index in [-0.39, 0.29) is 5.82 Å². The van der Waals surface area contributed by atoms with Crippen molar-refractivity contribution in [1.82, 2.24) is 4.57 Å². The molecule has 0 aliphatic heterocycles. The zero-order valence-electron chi connectivity index (χ0n) is 17.7. The highest BCUT2D eigenvalue weighted by atomic mass is 79.9. The van der Waals surface area contributed by atoms with Crippen LogP contribution in [-0.2, 0) is 6.54 Å². The van der Waals surface area contributed by atoms with Crippen molar-refractivity contribution in [2.45, 2.75) is 6.54 Å². The lowest BCUT2D eigenvalue weighted by molar-refractivity contribution is 0.562. The van der Waals surface area contributed by atoms with Crippen molar-refractivity contribution < 1.29 is 8.81 Å². The van der Waals surface area contributed by atoms with Gasteiger partial charge in [-0.25, -0.2) is 9.18 Å². The smallest absolute Gasteiger partial charge is 0.345 e. The van der Waals surface area contributed by atoms with Crippen LogP contribution >= 0.6 is 27.3 Å². The first-order valence-corrected chi connectivity index (χ1v) is 12.0. The molecule has 0 N–H and O–H groups in total. The standard InChI is InChI=1S/C26H17BrFN3O2S/c27-20-8-11-24-19(12-20)13-22(25(32)33-24)23-16-34-26(31(23)15-18-4-2-1-3-5-18)30-29-14-17-6-9-21(28)10-7-17/h1-14,16H,15H2/b29-14+,30-26-. The Morgan fingerprint density at radius 1 is 1.03 bits per heavy atom. The molecule has 0 aliphatic rings. The quantitative estimate of drug-likeness (QED) is 0.153. The molecule has 5 rings (SSSR count). The van der Waals surface area contributed by atoms with Gasteiger partial charge >= 0.3 is 5.63 Å². The predicted octanol–water partition coefficient (Wildman–Crippen LogP) is 6.21. The monoisotopic (exact) mass is 533 g/mol. The van der Waals surface area contributed by atoms with E-state index in [2.05, 4.69) is 26.1 Å². The summed E-state index contributed by atoms with van der Waals surface area (Å²) in [5.41, 5.74) is 3.03. The number of hydrogen-bond donors (Lipinski definition) is 0. The van der Waals surface area contributed by atoms with Crippen molar-refractivity contribution in [2.75, 3.05) is 0 Å².